The van der Waals surface area contributed by atoms with Crippen LogP contribution in [0.4, 0.5) is 0 Å². The summed E-state index contributed by atoms with van der Waals surface area (Å²) in [5.41, 5.74) is 0.823. The van der Waals surface area contributed by atoms with Crippen molar-refractivity contribution in [3.05, 3.63) is 15.6 Å². The highest BCUT2D eigenvalue weighted by Gasteiger charge is 2.28. The molecule has 1 aliphatic carbocycles. The van der Waals surface area contributed by atoms with Gasteiger partial charge in [0.25, 0.3) is 5.91 Å². The van der Waals surface area contributed by atoms with E-state index in [9.17, 15) is 4.79 Å². The molecule has 0 saturated heterocycles. The summed E-state index contributed by atoms with van der Waals surface area (Å²) < 4.78 is 5.74. The van der Waals surface area contributed by atoms with Crippen molar-refractivity contribution < 1.29 is 9.53 Å². The summed E-state index contributed by atoms with van der Waals surface area (Å²) >= 11 is 1.46. The van der Waals surface area contributed by atoms with Crippen LogP contribution >= 0.6 is 11.3 Å². The fourth-order valence-corrected chi connectivity index (χ4v) is 3.47. The van der Waals surface area contributed by atoms with Gasteiger partial charge in [-0.05, 0) is 33.6 Å². The highest BCUT2D eigenvalue weighted by Crippen LogP contribution is 2.23. The van der Waals surface area contributed by atoms with Gasteiger partial charge in [0.05, 0.1) is 22.8 Å². The van der Waals surface area contributed by atoms with E-state index in [0.717, 1.165) is 34.8 Å². The van der Waals surface area contributed by atoms with Crippen LogP contribution in [-0.2, 0) is 4.74 Å². The summed E-state index contributed by atoms with van der Waals surface area (Å²) in [4.78, 5) is 17.3. The van der Waals surface area contributed by atoms with Gasteiger partial charge in [-0.3, -0.25) is 4.79 Å². The Labute approximate surface area is 118 Å². The Balaban J connectivity index is 2.02. The first-order chi connectivity index (χ1) is 9.11. The maximum Gasteiger partial charge on any atom is 0.263 e. The molecule has 2 rings (SSSR count). The number of amides is 1. The van der Waals surface area contributed by atoms with E-state index in [1.54, 1.807) is 0 Å². The zero-order valence-corrected chi connectivity index (χ0v) is 12.7. The lowest BCUT2D eigenvalue weighted by molar-refractivity contribution is 0.0125. The van der Waals surface area contributed by atoms with Crippen molar-refractivity contribution in [1.29, 1.82) is 0 Å². The van der Waals surface area contributed by atoms with Gasteiger partial charge in [0.15, 0.2) is 0 Å². The Bertz CT molecular complexity index is 443. The number of thiazole rings is 1. The smallest absolute Gasteiger partial charge is 0.263 e. The molecular formula is C14H22N2O2S. The Kier molecular flexibility index (Phi) is 4.93. The lowest BCUT2D eigenvalue weighted by Crippen LogP contribution is -2.46. The molecule has 1 heterocycles. The third-order valence-electron chi connectivity index (χ3n) is 3.51. The number of aryl methyl sites for hydroxylation is 2. The Morgan fingerprint density at radius 2 is 2.16 bits per heavy atom. The topological polar surface area (TPSA) is 51.2 Å². The van der Waals surface area contributed by atoms with Crippen LogP contribution in [0.15, 0.2) is 0 Å². The molecule has 0 spiro atoms. The Morgan fingerprint density at radius 1 is 1.42 bits per heavy atom. The number of nitrogens with one attached hydrogen (secondary N) is 1. The molecule has 1 aromatic heterocycles. The van der Waals surface area contributed by atoms with Crippen molar-refractivity contribution in [1.82, 2.24) is 10.3 Å². The van der Waals surface area contributed by atoms with E-state index in [1.165, 1.54) is 17.8 Å². The van der Waals surface area contributed by atoms with E-state index in [0.29, 0.717) is 6.61 Å². The molecule has 19 heavy (non-hydrogen) atoms. The fourth-order valence-electron chi connectivity index (χ4n) is 2.65. The monoisotopic (exact) mass is 282 g/mol. The van der Waals surface area contributed by atoms with Crippen LogP contribution in [0, 0.1) is 13.8 Å². The zero-order valence-electron chi connectivity index (χ0n) is 11.9. The zero-order chi connectivity index (χ0) is 13.8. The van der Waals surface area contributed by atoms with Gasteiger partial charge in [0.2, 0.25) is 0 Å². The largest absolute Gasteiger partial charge is 0.376 e. The molecule has 106 valence electrons. The Hall–Kier alpha value is -0.940. The molecule has 2 atom stereocenters. The number of hydrogen-bond donors (Lipinski definition) is 1. The molecule has 0 unspecified atom stereocenters. The summed E-state index contributed by atoms with van der Waals surface area (Å²) in [7, 11) is 0. The number of carbonyl (C=O) groups is 1. The van der Waals surface area contributed by atoms with E-state index in [1.807, 2.05) is 20.8 Å². The SMILES string of the molecule is CCO[C@@H]1CCCC[C@H]1NC(=O)c1sc(C)nc1C. The normalized spacial score (nSPS) is 23.3. The van der Waals surface area contributed by atoms with Crippen molar-refractivity contribution in [2.45, 2.75) is 58.6 Å². The number of nitrogens with zero attached hydrogens (tertiary/aromatic N) is 1. The standard InChI is InChI=1S/C14H22N2O2S/c1-4-18-12-8-6-5-7-11(12)16-14(17)13-9(2)15-10(3)19-13/h11-12H,4-8H2,1-3H3,(H,16,17)/t11-,12-/m1/s1. The third kappa shape index (κ3) is 3.54. The van der Waals surface area contributed by atoms with Gasteiger partial charge in [-0.1, -0.05) is 12.8 Å². The minimum Gasteiger partial charge on any atom is -0.376 e. The minimum absolute atomic E-state index is 0.000275. The van der Waals surface area contributed by atoms with Gasteiger partial charge in [0, 0.05) is 6.61 Å². The second-order valence-corrected chi connectivity index (χ2v) is 6.21. The van der Waals surface area contributed by atoms with Crippen LogP contribution in [0.1, 0.15) is 53.0 Å². The van der Waals surface area contributed by atoms with Crippen molar-refractivity contribution >= 4 is 17.2 Å². The molecule has 1 aromatic rings. The first-order valence-corrected chi connectivity index (χ1v) is 7.80. The van der Waals surface area contributed by atoms with Gasteiger partial charge < -0.3 is 10.1 Å². The van der Waals surface area contributed by atoms with Crippen LogP contribution in [0.25, 0.3) is 0 Å². The van der Waals surface area contributed by atoms with Crippen LogP contribution in [0.3, 0.4) is 0 Å². The van der Waals surface area contributed by atoms with E-state index >= 15 is 0 Å². The number of ether oxygens (including phenoxy) is 1. The molecule has 0 bridgehead atoms. The molecule has 0 aliphatic heterocycles. The predicted octanol–water partition coefficient (Wildman–Crippen LogP) is 2.84. The second kappa shape index (κ2) is 6.48. The summed E-state index contributed by atoms with van der Waals surface area (Å²) in [6.07, 6.45) is 4.56. The molecule has 0 aromatic carbocycles. The molecule has 1 saturated carbocycles. The van der Waals surface area contributed by atoms with Crippen LogP contribution in [0.2, 0.25) is 0 Å². The minimum atomic E-state index is -0.000275. The van der Waals surface area contributed by atoms with Gasteiger partial charge in [-0.2, -0.15) is 0 Å². The first-order valence-electron chi connectivity index (χ1n) is 6.98. The number of aromatic nitrogens is 1. The van der Waals surface area contributed by atoms with E-state index in [-0.39, 0.29) is 18.1 Å². The third-order valence-corrected chi connectivity index (χ3v) is 4.58. The molecule has 0 radical (unpaired) electrons. The van der Waals surface area contributed by atoms with E-state index in [2.05, 4.69) is 10.3 Å². The van der Waals surface area contributed by atoms with E-state index in [4.69, 9.17) is 4.74 Å². The van der Waals surface area contributed by atoms with Crippen molar-refractivity contribution in [2.75, 3.05) is 6.61 Å². The quantitative estimate of drug-likeness (QED) is 0.924. The second-order valence-electron chi connectivity index (χ2n) is 5.01. The highest BCUT2D eigenvalue weighted by atomic mass is 32.1. The maximum absolute atomic E-state index is 12.3. The van der Waals surface area contributed by atoms with Crippen molar-refractivity contribution in [3.63, 3.8) is 0 Å². The summed E-state index contributed by atoms with van der Waals surface area (Å²) in [5, 5.41) is 4.07. The van der Waals surface area contributed by atoms with Gasteiger partial charge in [-0.25, -0.2) is 4.98 Å². The number of carbonyl (C=O) groups excluding carboxylic acids is 1. The molecule has 1 aliphatic rings. The average molecular weight is 282 g/mol. The average Bonchev–Trinajstić information content (AvgIpc) is 2.71. The van der Waals surface area contributed by atoms with Gasteiger partial charge in [-0.15, -0.1) is 11.3 Å². The summed E-state index contributed by atoms with van der Waals surface area (Å²) in [6, 6.07) is 0.142. The lowest BCUT2D eigenvalue weighted by Gasteiger charge is -2.31. The molecular weight excluding hydrogens is 260 g/mol. The van der Waals surface area contributed by atoms with Crippen molar-refractivity contribution in [3.8, 4) is 0 Å². The van der Waals surface area contributed by atoms with E-state index < -0.39 is 0 Å². The van der Waals surface area contributed by atoms with Gasteiger partial charge in [0.1, 0.15) is 4.88 Å². The summed E-state index contributed by atoms with van der Waals surface area (Å²) in [5.74, 6) is -0.000275. The molecule has 1 fully saturated rings. The Morgan fingerprint density at radius 3 is 2.79 bits per heavy atom. The van der Waals surface area contributed by atoms with Crippen LogP contribution < -0.4 is 5.32 Å². The lowest BCUT2D eigenvalue weighted by atomic mass is 9.92. The molecule has 1 amide bonds. The number of hydrogen-bond acceptors (Lipinski definition) is 4. The maximum atomic E-state index is 12.3. The predicted molar refractivity (Wildman–Crippen MR) is 76.7 cm³/mol. The molecule has 4 nitrogen and oxygen atoms in total. The van der Waals surface area contributed by atoms with Gasteiger partial charge >= 0.3 is 0 Å². The summed E-state index contributed by atoms with van der Waals surface area (Å²) in [6.45, 7) is 6.53. The molecule has 1 N–H and O–H groups in total. The van der Waals surface area contributed by atoms with Crippen molar-refractivity contribution in [2.24, 2.45) is 0 Å². The fraction of sp³-hybridized carbons (Fsp3) is 0.714. The van der Waals surface area contributed by atoms with Crippen LogP contribution in [0.5, 0.6) is 0 Å². The first kappa shape index (κ1) is 14.5. The highest BCUT2D eigenvalue weighted by molar-refractivity contribution is 7.13. The number of rotatable bonds is 4. The van der Waals surface area contributed by atoms with Crippen LogP contribution in [-0.4, -0.2) is 29.6 Å². The molecule has 5 heteroatoms.